The second-order valence-corrected chi connectivity index (χ2v) is 8.16. The van der Waals surface area contributed by atoms with Gasteiger partial charge in [-0.05, 0) is 6.92 Å². The van der Waals surface area contributed by atoms with E-state index in [1.807, 2.05) is 33.8 Å². The molecule has 2 aromatic rings. The number of aliphatic hydroxyl groups is 1. The van der Waals surface area contributed by atoms with E-state index in [2.05, 4.69) is 5.32 Å². The van der Waals surface area contributed by atoms with E-state index in [0.717, 1.165) is 10.5 Å². The summed E-state index contributed by atoms with van der Waals surface area (Å²) in [5.41, 5.74) is 1.44. The molecule has 1 fully saturated rings. The van der Waals surface area contributed by atoms with Crippen molar-refractivity contribution in [1.29, 1.82) is 0 Å². The summed E-state index contributed by atoms with van der Waals surface area (Å²) in [5, 5.41) is 26.3. The summed E-state index contributed by atoms with van der Waals surface area (Å²) >= 11 is 1.51. The Balaban J connectivity index is 1.66. The molecule has 2 aromatic heterocycles. The third kappa shape index (κ3) is 2.63. The van der Waals surface area contributed by atoms with Crippen molar-refractivity contribution in [1.82, 2.24) is 14.8 Å². The number of carboxylic acids is 1. The van der Waals surface area contributed by atoms with Crippen molar-refractivity contribution < 1.29 is 29.0 Å². The first-order valence-corrected chi connectivity index (χ1v) is 9.83. The minimum atomic E-state index is -1.38. The van der Waals surface area contributed by atoms with Gasteiger partial charge in [-0.2, -0.15) is 4.40 Å². The highest BCUT2D eigenvalue weighted by atomic mass is 32.1. The molecule has 2 N–H and O–H groups in total. The normalized spacial score (nSPS) is 25.0. The van der Waals surface area contributed by atoms with E-state index < -0.39 is 18.0 Å². The summed E-state index contributed by atoms with van der Waals surface area (Å²) in [6.07, 6.45) is 3.53. The fourth-order valence-electron chi connectivity index (χ4n) is 4.33. The van der Waals surface area contributed by atoms with Gasteiger partial charge in [0.2, 0.25) is 23.5 Å². The summed E-state index contributed by atoms with van der Waals surface area (Å²) in [6, 6.07) is -0.355. The first-order valence-electron chi connectivity index (χ1n) is 8.95. The van der Waals surface area contributed by atoms with E-state index in [1.54, 1.807) is 6.92 Å². The molecule has 2 aliphatic heterocycles. The van der Waals surface area contributed by atoms with Crippen LogP contribution in [-0.4, -0.2) is 45.0 Å². The molecule has 28 heavy (non-hydrogen) atoms. The van der Waals surface area contributed by atoms with Gasteiger partial charge in [-0.15, -0.1) is 0 Å². The Bertz CT molecular complexity index is 1010. The Kier molecular flexibility index (Phi) is 4.47. The number of rotatable bonds is 7. The van der Waals surface area contributed by atoms with Crippen LogP contribution in [0, 0.1) is 11.8 Å². The van der Waals surface area contributed by atoms with Gasteiger partial charge in [0.25, 0.3) is 0 Å². The van der Waals surface area contributed by atoms with Crippen LogP contribution in [0.3, 0.4) is 0 Å². The second-order valence-electron chi connectivity index (χ2n) is 7.27. The van der Waals surface area contributed by atoms with Crippen molar-refractivity contribution in [3.63, 3.8) is 0 Å². The molecule has 0 aliphatic carbocycles. The maximum Gasteiger partial charge on any atom is 0.250 e. The molecule has 10 heteroatoms. The van der Waals surface area contributed by atoms with Crippen LogP contribution in [-0.2, 0) is 27.5 Å². The highest BCUT2D eigenvalue weighted by Crippen LogP contribution is 2.47. The lowest BCUT2D eigenvalue weighted by Crippen LogP contribution is -2.64. The number of carbonyl (C=O) groups excluding carboxylic acids is 3. The number of aliphatic hydroxyl groups excluding tert-OH is 1. The van der Waals surface area contributed by atoms with Gasteiger partial charge < -0.3 is 25.2 Å². The number of carboxylic acid groups (broad SMARTS) is 1. The number of hydrogen-bond donors (Lipinski definition) is 2. The number of hydrogen-bond acceptors (Lipinski definition) is 6. The van der Waals surface area contributed by atoms with Crippen LogP contribution in [0.2, 0.25) is 0 Å². The quantitative estimate of drug-likeness (QED) is 0.327. The molecular formula is C18H20N4O5S. The first kappa shape index (κ1) is 18.6. The van der Waals surface area contributed by atoms with Gasteiger partial charge in [0.15, 0.2) is 0 Å². The van der Waals surface area contributed by atoms with Gasteiger partial charge in [-0.1, -0.05) is 18.3 Å². The number of aliphatic carboxylic acids is 1. The fraction of sp³-hybridized carbons (Fsp3) is 0.444. The molecule has 4 heterocycles. The molecule has 0 spiro atoms. The Morgan fingerprint density at radius 1 is 1.54 bits per heavy atom. The predicted octanol–water partition coefficient (Wildman–Crippen LogP) is -1.60. The maximum absolute atomic E-state index is 12.4. The van der Waals surface area contributed by atoms with Crippen molar-refractivity contribution in [3.05, 3.63) is 34.9 Å². The molecule has 0 unspecified atom stereocenters. The predicted molar refractivity (Wildman–Crippen MR) is 95.4 cm³/mol. The lowest BCUT2D eigenvalue weighted by atomic mass is 9.78. The van der Waals surface area contributed by atoms with Gasteiger partial charge in [-0.25, -0.2) is 4.57 Å². The molecule has 1 saturated heterocycles. The maximum atomic E-state index is 12.4. The third-order valence-corrected chi connectivity index (χ3v) is 6.56. The molecule has 2 amide bonds. The molecule has 0 bridgehead atoms. The fourth-order valence-corrected chi connectivity index (χ4v) is 5.26. The Labute approximate surface area is 164 Å². The van der Waals surface area contributed by atoms with Gasteiger partial charge in [0.05, 0.1) is 36.3 Å². The number of nitrogens with zero attached hydrogens (tertiary/aromatic N) is 3. The van der Waals surface area contributed by atoms with Gasteiger partial charge >= 0.3 is 0 Å². The topological polar surface area (TPSA) is 119 Å². The smallest absolute Gasteiger partial charge is 0.250 e. The molecule has 0 radical (unpaired) electrons. The van der Waals surface area contributed by atoms with Crippen molar-refractivity contribution >= 4 is 34.5 Å². The van der Waals surface area contributed by atoms with Crippen LogP contribution < -0.4 is 14.8 Å². The summed E-state index contributed by atoms with van der Waals surface area (Å²) < 4.78 is 3.79. The van der Waals surface area contributed by atoms with Crippen LogP contribution in [0.1, 0.15) is 19.5 Å². The van der Waals surface area contributed by atoms with E-state index in [0.29, 0.717) is 25.1 Å². The molecular weight excluding hydrogens is 384 g/mol. The molecule has 4 rings (SSSR count). The Morgan fingerprint density at radius 3 is 2.93 bits per heavy atom. The highest BCUT2D eigenvalue weighted by molar-refractivity contribution is 7.15. The summed E-state index contributed by atoms with van der Waals surface area (Å²) in [7, 11) is 0. The van der Waals surface area contributed by atoms with Crippen LogP contribution in [0.5, 0.6) is 0 Å². The number of nitrogens with one attached hydrogen (secondary N) is 1. The number of amides is 2. The largest absolute Gasteiger partial charge is 0.543 e. The Hall–Kier alpha value is -2.72. The summed E-state index contributed by atoms with van der Waals surface area (Å²) in [6.45, 7) is 4.12. The van der Waals surface area contributed by atoms with E-state index in [9.17, 15) is 24.6 Å². The van der Waals surface area contributed by atoms with E-state index >= 15 is 0 Å². The zero-order valence-electron chi connectivity index (χ0n) is 15.4. The molecule has 0 aromatic carbocycles. The van der Waals surface area contributed by atoms with Crippen molar-refractivity contribution in [2.45, 2.75) is 39.1 Å². The van der Waals surface area contributed by atoms with Gasteiger partial charge in [0, 0.05) is 16.9 Å². The molecule has 0 saturated carbocycles. The zero-order valence-corrected chi connectivity index (χ0v) is 16.2. The molecule has 148 valence electrons. The van der Waals surface area contributed by atoms with Crippen molar-refractivity contribution in [3.8, 4) is 0 Å². The highest BCUT2D eigenvalue weighted by Gasteiger charge is 2.58. The number of fused-ring (bicyclic) bond motifs is 2. The lowest BCUT2D eigenvalue weighted by molar-refractivity contribution is -0.518. The summed E-state index contributed by atoms with van der Waals surface area (Å²) in [5.74, 6) is -2.54. The SMILES string of the molecule is C[C@@H](O)[C@H]1C(=O)N2C(C(=O)[O-])=C(Cn3cc4scc(CNC=O)[n+]4c3)[C@H](C)[C@H]12. The molecule has 4 atom stereocenters. The Morgan fingerprint density at radius 2 is 2.29 bits per heavy atom. The van der Waals surface area contributed by atoms with Crippen molar-refractivity contribution in [2.24, 2.45) is 11.8 Å². The third-order valence-electron chi connectivity index (χ3n) is 5.63. The summed E-state index contributed by atoms with van der Waals surface area (Å²) in [4.78, 5) is 36.9. The van der Waals surface area contributed by atoms with E-state index in [4.69, 9.17) is 0 Å². The average molecular weight is 404 g/mol. The number of β-lactam (4-membered cyclic amide) rings is 1. The van der Waals surface area contributed by atoms with E-state index in [-0.39, 0.29) is 23.6 Å². The van der Waals surface area contributed by atoms with Crippen molar-refractivity contribution in [2.75, 3.05) is 0 Å². The number of aromatic nitrogens is 2. The minimum absolute atomic E-state index is 0.0794. The average Bonchev–Trinajstić information content (AvgIpc) is 3.25. The van der Waals surface area contributed by atoms with Crippen LogP contribution >= 0.6 is 11.3 Å². The number of thiazole rings is 1. The van der Waals surface area contributed by atoms with Gasteiger partial charge in [0.1, 0.15) is 18.4 Å². The standard InChI is InChI=1S/C18H20N4O5S/c1-9-12(16(18(26)27)22-15(9)14(10(2)24)17(22)25)4-20-5-13-21(8-20)11(6-28-13)3-19-7-23/h5-10,14-15,24H,3-4H2,1-2H3,(H-,19,23,26,27)/t9-,10+,14+,15+/m0/s1. The van der Waals surface area contributed by atoms with E-state index in [1.165, 1.54) is 16.2 Å². The lowest BCUT2D eigenvalue weighted by Gasteiger charge is -2.47. The number of carbonyl (C=O) groups is 3. The first-order chi connectivity index (χ1) is 13.3. The molecule has 9 nitrogen and oxygen atoms in total. The van der Waals surface area contributed by atoms with Crippen LogP contribution in [0.25, 0.3) is 4.83 Å². The minimum Gasteiger partial charge on any atom is -0.543 e. The second kappa shape index (κ2) is 6.71. The molecule has 2 aliphatic rings. The van der Waals surface area contributed by atoms with Gasteiger partial charge in [-0.3, -0.25) is 9.59 Å². The monoisotopic (exact) mass is 404 g/mol. The van der Waals surface area contributed by atoms with Crippen LogP contribution in [0.15, 0.2) is 29.2 Å². The van der Waals surface area contributed by atoms with Crippen LogP contribution in [0.4, 0.5) is 0 Å². The number of imidazole rings is 1. The zero-order chi connectivity index (χ0) is 20.2.